The molecular weight excluding hydrogens is 317 g/mol. The van der Waals surface area contributed by atoms with Crippen LogP contribution in [0.2, 0.25) is 5.02 Å². The molecule has 1 saturated carbocycles. The third-order valence-electron chi connectivity index (χ3n) is 3.90. The van der Waals surface area contributed by atoms with Crippen LogP contribution >= 0.6 is 11.6 Å². The minimum absolute atomic E-state index is 0.0642. The van der Waals surface area contributed by atoms with Crippen LogP contribution in [-0.4, -0.2) is 19.6 Å². The summed E-state index contributed by atoms with van der Waals surface area (Å²) in [6.45, 7) is 1.63. The quantitative estimate of drug-likeness (QED) is 0.889. The Balaban J connectivity index is 2.21. The summed E-state index contributed by atoms with van der Waals surface area (Å²) in [5.41, 5.74) is 0.0642. The number of nitrogens with one attached hydrogen (secondary N) is 1. The summed E-state index contributed by atoms with van der Waals surface area (Å²) in [4.78, 5) is -0.202. The van der Waals surface area contributed by atoms with E-state index in [2.05, 4.69) is 11.6 Å². The Morgan fingerprint density at radius 2 is 1.95 bits per heavy atom. The van der Waals surface area contributed by atoms with Gasteiger partial charge in [0.05, 0.1) is 16.5 Å². The number of hydrogen-bond acceptors (Lipinski definition) is 3. The van der Waals surface area contributed by atoms with Crippen molar-refractivity contribution in [2.24, 2.45) is 5.92 Å². The second-order valence-electron chi connectivity index (χ2n) is 5.61. The lowest BCUT2D eigenvalue weighted by atomic mass is 9.88. The fourth-order valence-electron chi connectivity index (χ4n) is 2.55. The van der Waals surface area contributed by atoms with Gasteiger partial charge in [-0.25, -0.2) is 17.5 Å². The van der Waals surface area contributed by atoms with Gasteiger partial charge >= 0.3 is 0 Å². The van der Waals surface area contributed by atoms with Gasteiger partial charge in [-0.2, -0.15) is 0 Å². The van der Waals surface area contributed by atoms with Crippen molar-refractivity contribution in [2.45, 2.75) is 50.2 Å². The number of benzene rings is 1. The number of halogens is 2. The van der Waals surface area contributed by atoms with Gasteiger partial charge in [-0.1, -0.05) is 18.5 Å². The lowest BCUT2D eigenvalue weighted by molar-refractivity contribution is 0.281. The van der Waals surface area contributed by atoms with E-state index < -0.39 is 22.4 Å². The van der Waals surface area contributed by atoms with Crippen molar-refractivity contribution in [3.63, 3.8) is 0 Å². The lowest BCUT2D eigenvalue weighted by Gasteiger charge is -2.26. The van der Waals surface area contributed by atoms with Crippen LogP contribution < -0.4 is 4.72 Å². The molecule has 0 bridgehead atoms. The molecule has 118 valence electrons. The molecule has 1 fully saturated rings. The molecule has 1 aliphatic rings. The highest BCUT2D eigenvalue weighted by Crippen LogP contribution is 2.27. The predicted octanol–water partition coefficient (Wildman–Crippen LogP) is 2.83. The zero-order chi connectivity index (χ0) is 15.6. The van der Waals surface area contributed by atoms with Crippen LogP contribution in [0.25, 0.3) is 0 Å². The van der Waals surface area contributed by atoms with Gasteiger partial charge in [0.1, 0.15) is 5.82 Å². The minimum atomic E-state index is -3.81. The Kier molecular flexibility index (Phi) is 5.24. The summed E-state index contributed by atoms with van der Waals surface area (Å²) < 4.78 is 40.9. The van der Waals surface area contributed by atoms with Crippen molar-refractivity contribution >= 4 is 21.6 Å². The van der Waals surface area contributed by atoms with Crippen molar-refractivity contribution < 1.29 is 17.9 Å². The second kappa shape index (κ2) is 6.60. The van der Waals surface area contributed by atoms with Crippen LogP contribution in [0.5, 0.6) is 0 Å². The van der Waals surface area contributed by atoms with Gasteiger partial charge in [-0.3, -0.25) is 0 Å². The van der Waals surface area contributed by atoms with Gasteiger partial charge in [-0.15, -0.1) is 0 Å². The smallest absolute Gasteiger partial charge is 0.240 e. The lowest BCUT2D eigenvalue weighted by Crippen LogP contribution is -2.37. The molecule has 0 aliphatic heterocycles. The molecule has 0 heterocycles. The van der Waals surface area contributed by atoms with Gasteiger partial charge in [-0.05, 0) is 43.7 Å². The van der Waals surface area contributed by atoms with Crippen LogP contribution in [0.15, 0.2) is 17.0 Å². The average molecular weight is 336 g/mol. The number of aliphatic hydroxyl groups is 1. The Morgan fingerprint density at radius 1 is 1.33 bits per heavy atom. The first kappa shape index (κ1) is 16.7. The molecule has 2 N–H and O–H groups in total. The normalized spacial score (nSPS) is 23.2. The van der Waals surface area contributed by atoms with E-state index in [0.717, 1.165) is 31.7 Å². The third kappa shape index (κ3) is 3.94. The number of aliphatic hydroxyl groups excluding tert-OH is 1. The molecule has 4 nitrogen and oxygen atoms in total. The van der Waals surface area contributed by atoms with Gasteiger partial charge in [0, 0.05) is 11.6 Å². The summed E-state index contributed by atoms with van der Waals surface area (Å²) in [7, 11) is -3.81. The summed E-state index contributed by atoms with van der Waals surface area (Å²) in [6, 6.07) is 1.97. The maximum atomic E-state index is 13.7. The highest BCUT2D eigenvalue weighted by molar-refractivity contribution is 7.89. The Bertz CT molecular complexity index is 613. The van der Waals surface area contributed by atoms with Gasteiger partial charge in [0.2, 0.25) is 10.0 Å². The monoisotopic (exact) mass is 335 g/mol. The van der Waals surface area contributed by atoms with E-state index in [0.29, 0.717) is 5.92 Å². The molecular formula is C14H19ClFNO3S. The van der Waals surface area contributed by atoms with E-state index in [1.54, 1.807) is 0 Å². The average Bonchev–Trinajstić information content (AvgIpc) is 2.44. The summed E-state index contributed by atoms with van der Waals surface area (Å²) in [5, 5.41) is 8.87. The van der Waals surface area contributed by atoms with Crippen LogP contribution in [0.4, 0.5) is 4.39 Å². The molecule has 0 aromatic heterocycles. The van der Waals surface area contributed by atoms with Gasteiger partial charge in [0.15, 0.2) is 0 Å². The SMILES string of the molecule is CC1CCC(NS(=O)(=O)c2cc(F)c(Cl)c(CO)c2)CC1. The van der Waals surface area contributed by atoms with Crippen molar-refractivity contribution in [3.05, 3.63) is 28.5 Å². The van der Waals surface area contributed by atoms with E-state index in [1.807, 2.05) is 0 Å². The van der Waals surface area contributed by atoms with E-state index in [4.69, 9.17) is 16.7 Å². The van der Waals surface area contributed by atoms with Crippen LogP contribution in [0, 0.1) is 11.7 Å². The van der Waals surface area contributed by atoms with Gasteiger partial charge in [0.25, 0.3) is 0 Å². The first-order valence-electron chi connectivity index (χ1n) is 6.94. The predicted molar refractivity (Wildman–Crippen MR) is 79.1 cm³/mol. The molecule has 0 spiro atoms. The molecule has 1 aromatic rings. The Hall–Kier alpha value is -0.690. The molecule has 1 aromatic carbocycles. The first-order valence-corrected chi connectivity index (χ1v) is 8.80. The van der Waals surface area contributed by atoms with Crippen LogP contribution in [0.1, 0.15) is 38.2 Å². The van der Waals surface area contributed by atoms with E-state index in [-0.39, 0.29) is 21.5 Å². The highest BCUT2D eigenvalue weighted by atomic mass is 35.5. The zero-order valence-electron chi connectivity index (χ0n) is 11.8. The molecule has 0 saturated heterocycles. The summed E-state index contributed by atoms with van der Waals surface area (Å²) in [6.07, 6.45) is 3.51. The molecule has 21 heavy (non-hydrogen) atoms. The molecule has 7 heteroatoms. The van der Waals surface area contributed by atoms with Crippen LogP contribution in [0.3, 0.4) is 0 Å². The third-order valence-corrected chi connectivity index (χ3v) is 5.82. The maximum Gasteiger partial charge on any atom is 0.240 e. The molecule has 0 unspecified atom stereocenters. The summed E-state index contributed by atoms with van der Waals surface area (Å²) >= 11 is 5.67. The molecule has 2 rings (SSSR count). The zero-order valence-corrected chi connectivity index (χ0v) is 13.3. The topological polar surface area (TPSA) is 66.4 Å². The van der Waals surface area contributed by atoms with E-state index >= 15 is 0 Å². The second-order valence-corrected chi connectivity index (χ2v) is 7.71. The van der Waals surface area contributed by atoms with E-state index in [9.17, 15) is 12.8 Å². The maximum absolute atomic E-state index is 13.7. The number of rotatable bonds is 4. The highest BCUT2D eigenvalue weighted by Gasteiger charge is 2.25. The van der Waals surface area contributed by atoms with Crippen molar-refractivity contribution in [2.75, 3.05) is 0 Å². The molecule has 0 atom stereocenters. The van der Waals surface area contributed by atoms with Gasteiger partial charge < -0.3 is 5.11 Å². The van der Waals surface area contributed by atoms with E-state index in [1.165, 1.54) is 6.07 Å². The Morgan fingerprint density at radius 3 is 2.52 bits per heavy atom. The molecule has 0 amide bonds. The van der Waals surface area contributed by atoms with Crippen molar-refractivity contribution in [3.8, 4) is 0 Å². The minimum Gasteiger partial charge on any atom is -0.392 e. The fraction of sp³-hybridized carbons (Fsp3) is 0.571. The van der Waals surface area contributed by atoms with Crippen molar-refractivity contribution in [1.29, 1.82) is 0 Å². The molecule has 1 aliphatic carbocycles. The number of sulfonamides is 1. The first-order chi connectivity index (χ1) is 9.83. The Labute approximate surface area is 129 Å². The van der Waals surface area contributed by atoms with Crippen molar-refractivity contribution in [1.82, 2.24) is 4.72 Å². The fourth-order valence-corrected chi connectivity index (χ4v) is 4.09. The van der Waals surface area contributed by atoms with Crippen LogP contribution in [-0.2, 0) is 16.6 Å². The number of hydrogen-bond donors (Lipinski definition) is 2. The standard InChI is InChI=1S/C14H19ClFNO3S/c1-9-2-4-11(5-3-9)17-21(19,20)12-6-10(8-18)14(15)13(16)7-12/h6-7,9,11,17-18H,2-5,8H2,1H3. The summed E-state index contributed by atoms with van der Waals surface area (Å²) in [5.74, 6) is -0.236. The largest absolute Gasteiger partial charge is 0.392 e. The molecule has 0 radical (unpaired) electrons.